The lowest BCUT2D eigenvalue weighted by atomic mass is 10.0. The van der Waals surface area contributed by atoms with E-state index < -0.39 is 11.9 Å². The molecule has 11 heteroatoms. The van der Waals surface area contributed by atoms with Crippen molar-refractivity contribution in [2.75, 3.05) is 11.1 Å². The number of rotatable bonds is 7. The van der Waals surface area contributed by atoms with Gasteiger partial charge in [0.25, 0.3) is 5.91 Å². The van der Waals surface area contributed by atoms with Gasteiger partial charge in [-0.2, -0.15) is 5.26 Å². The third-order valence-electron chi connectivity index (χ3n) is 6.37. The van der Waals surface area contributed by atoms with Gasteiger partial charge in [-0.05, 0) is 42.2 Å². The molecule has 0 fully saturated rings. The van der Waals surface area contributed by atoms with Crippen LogP contribution in [0.15, 0.2) is 61.2 Å². The molecule has 10 nitrogen and oxygen atoms in total. The molecule has 2 aromatic carbocycles. The van der Waals surface area contributed by atoms with Crippen LogP contribution in [0.1, 0.15) is 45.8 Å². The number of nitriles is 1. The predicted octanol–water partition coefficient (Wildman–Crippen LogP) is 4.42. The zero-order chi connectivity index (χ0) is 27.5. The zero-order valence-corrected chi connectivity index (χ0v) is 21.2. The van der Waals surface area contributed by atoms with E-state index in [1.807, 2.05) is 36.5 Å². The third-order valence-corrected chi connectivity index (χ3v) is 6.37. The molecule has 194 valence electrons. The van der Waals surface area contributed by atoms with Crippen LogP contribution in [0.4, 0.5) is 16.0 Å². The average molecular weight is 522 g/mol. The number of nitrogens with two attached hydrogens (primary N) is 1. The lowest BCUT2D eigenvalue weighted by molar-refractivity contribution is 0.0935. The lowest BCUT2D eigenvalue weighted by Crippen LogP contribution is -2.29. The standard InChI is InChI=1S/C28H24FN9O/c1-15-3-6-19(9-22(15)29)16(2)37-28(39)24-27(33-12-20(10-30)38-24)32-11-17-4-7-18(8-5-17)21-13-34-26-23(21)25(31)35-14-36-26/h3-9,12-14,16H,11H2,1-2H3,(H,32,33)(H,37,39)(H3,31,34,35,36)/t16-/m0/s1. The SMILES string of the molecule is Cc1ccc([C@H](C)NC(=O)c2nc(C#N)cnc2NCc2ccc(-c3c[nH]c4ncnc(N)c34)cc2)cc1F. The van der Waals surface area contributed by atoms with E-state index in [1.54, 1.807) is 26.0 Å². The van der Waals surface area contributed by atoms with Crippen molar-refractivity contribution >= 4 is 28.6 Å². The van der Waals surface area contributed by atoms with Gasteiger partial charge in [-0.3, -0.25) is 4.79 Å². The molecule has 39 heavy (non-hydrogen) atoms. The van der Waals surface area contributed by atoms with Gasteiger partial charge in [-0.25, -0.2) is 24.3 Å². The number of fused-ring (bicyclic) bond motifs is 1. The number of aromatic amines is 1. The summed E-state index contributed by atoms with van der Waals surface area (Å²) in [6.45, 7) is 3.76. The summed E-state index contributed by atoms with van der Waals surface area (Å²) >= 11 is 0. The molecular formula is C28H24FN9O. The Labute approximate surface area is 223 Å². The van der Waals surface area contributed by atoms with E-state index in [2.05, 4.69) is 35.6 Å². The number of amides is 1. The minimum Gasteiger partial charge on any atom is -0.383 e. The number of hydrogen-bond acceptors (Lipinski definition) is 8. The number of carbonyl (C=O) groups excluding carboxylic acids is 1. The van der Waals surface area contributed by atoms with Gasteiger partial charge in [-0.15, -0.1) is 0 Å². The van der Waals surface area contributed by atoms with Gasteiger partial charge < -0.3 is 21.4 Å². The van der Waals surface area contributed by atoms with Crippen molar-refractivity contribution in [3.63, 3.8) is 0 Å². The second-order valence-corrected chi connectivity index (χ2v) is 9.00. The van der Waals surface area contributed by atoms with E-state index in [-0.39, 0.29) is 23.0 Å². The number of halogens is 1. The molecule has 5 rings (SSSR count). The maximum Gasteiger partial charge on any atom is 0.274 e. The lowest BCUT2D eigenvalue weighted by Gasteiger charge is -2.16. The summed E-state index contributed by atoms with van der Waals surface area (Å²) in [7, 11) is 0. The Morgan fingerprint density at radius 2 is 1.97 bits per heavy atom. The van der Waals surface area contributed by atoms with Crippen LogP contribution in [0.5, 0.6) is 0 Å². The molecule has 0 bridgehead atoms. The molecule has 1 amide bonds. The summed E-state index contributed by atoms with van der Waals surface area (Å²) in [6, 6.07) is 14.0. The fraction of sp³-hybridized carbons (Fsp3) is 0.143. The Bertz CT molecular complexity index is 1720. The van der Waals surface area contributed by atoms with E-state index in [1.165, 1.54) is 18.6 Å². The highest BCUT2D eigenvalue weighted by Gasteiger charge is 2.19. The number of H-pyrrole nitrogens is 1. The van der Waals surface area contributed by atoms with Crippen molar-refractivity contribution in [2.24, 2.45) is 0 Å². The quantitative estimate of drug-likeness (QED) is 0.245. The van der Waals surface area contributed by atoms with Crippen LogP contribution < -0.4 is 16.4 Å². The van der Waals surface area contributed by atoms with Crippen LogP contribution in [-0.2, 0) is 6.54 Å². The largest absolute Gasteiger partial charge is 0.383 e. The average Bonchev–Trinajstić information content (AvgIpc) is 3.39. The highest BCUT2D eigenvalue weighted by molar-refractivity contribution is 6.00. The van der Waals surface area contributed by atoms with Gasteiger partial charge in [0.15, 0.2) is 17.2 Å². The van der Waals surface area contributed by atoms with Gasteiger partial charge in [0.1, 0.15) is 29.7 Å². The van der Waals surface area contributed by atoms with Crippen LogP contribution in [0.3, 0.4) is 0 Å². The van der Waals surface area contributed by atoms with E-state index in [9.17, 15) is 14.4 Å². The number of hydrogen-bond donors (Lipinski definition) is 4. The van der Waals surface area contributed by atoms with Crippen molar-refractivity contribution in [3.8, 4) is 17.2 Å². The second-order valence-electron chi connectivity index (χ2n) is 9.00. The predicted molar refractivity (Wildman–Crippen MR) is 145 cm³/mol. The summed E-state index contributed by atoms with van der Waals surface area (Å²) < 4.78 is 14.0. The number of aromatic nitrogens is 5. The Hall–Kier alpha value is -5.37. The number of anilines is 2. The summed E-state index contributed by atoms with van der Waals surface area (Å²) in [5, 5.41) is 16.0. The molecule has 3 heterocycles. The molecule has 1 atom stereocenters. The fourth-order valence-corrected chi connectivity index (χ4v) is 4.16. The van der Waals surface area contributed by atoms with E-state index in [0.717, 1.165) is 22.1 Å². The highest BCUT2D eigenvalue weighted by atomic mass is 19.1. The fourth-order valence-electron chi connectivity index (χ4n) is 4.16. The van der Waals surface area contributed by atoms with Gasteiger partial charge in [-0.1, -0.05) is 36.4 Å². The molecule has 0 spiro atoms. The molecule has 0 aliphatic heterocycles. The molecule has 0 aliphatic carbocycles. The van der Waals surface area contributed by atoms with Crippen LogP contribution in [-0.4, -0.2) is 30.8 Å². The maximum absolute atomic E-state index is 14.0. The first-order chi connectivity index (χ1) is 18.8. The number of nitrogens with zero attached hydrogens (tertiary/aromatic N) is 5. The van der Waals surface area contributed by atoms with Gasteiger partial charge in [0.05, 0.1) is 17.6 Å². The molecule has 3 aromatic heterocycles. The first kappa shape index (κ1) is 25.3. The summed E-state index contributed by atoms with van der Waals surface area (Å²) in [5.74, 6) is -0.270. The van der Waals surface area contributed by atoms with Gasteiger partial charge in [0.2, 0.25) is 0 Å². The van der Waals surface area contributed by atoms with Crippen LogP contribution in [0.2, 0.25) is 0 Å². The first-order valence-electron chi connectivity index (χ1n) is 12.1. The molecule has 5 aromatic rings. The highest BCUT2D eigenvalue weighted by Crippen LogP contribution is 2.30. The second kappa shape index (κ2) is 10.5. The Morgan fingerprint density at radius 3 is 2.72 bits per heavy atom. The number of aryl methyl sites for hydroxylation is 1. The van der Waals surface area contributed by atoms with Gasteiger partial charge in [0, 0.05) is 18.3 Å². The van der Waals surface area contributed by atoms with Crippen molar-refractivity contribution < 1.29 is 9.18 Å². The van der Waals surface area contributed by atoms with Gasteiger partial charge >= 0.3 is 0 Å². The molecule has 0 aliphatic rings. The number of nitrogens with one attached hydrogen (secondary N) is 3. The van der Waals surface area contributed by atoms with Crippen LogP contribution in [0, 0.1) is 24.1 Å². The minimum absolute atomic E-state index is 0.00562. The van der Waals surface area contributed by atoms with E-state index in [0.29, 0.717) is 29.1 Å². The van der Waals surface area contributed by atoms with E-state index >= 15 is 0 Å². The topological polar surface area (TPSA) is 158 Å². The third kappa shape index (κ3) is 5.21. The molecule has 0 saturated carbocycles. The molecule has 5 N–H and O–H groups in total. The first-order valence-corrected chi connectivity index (χ1v) is 12.1. The number of benzene rings is 2. The summed E-state index contributed by atoms with van der Waals surface area (Å²) in [4.78, 5) is 32.9. The molecule has 0 radical (unpaired) electrons. The zero-order valence-electron chi connectivity index (χ0n) is 21.2. The normalized spacial score (nSPS) is 11.6. The molecule has 0 unspecified atom stereocenters. The van der Waals surface area contributed by atoms with Crippen molar-refractivity contribution in [1.82, 2.24) is 30.2 Å². The van der Waals surface area contributed by atoms with Crippen molar-refractivity contribution in [1.29, 1.82) is 5.26 Å². The van der Waals surface area contributed by atoms with E-state index in [4.69, 9.17) is 5.73 Å². The minimum atomic E-state index is -0.537. The maximum atomic E-state index is 14.0. The van der Waals surface area contributed by atoms with Crippen molar-refractivity contribution in [2.45, 2.75) is 26.4 Å². The Morgan fingerprint density at radius 1 is 1.18 bits per heavy atom. The van der Waals surface area contributed by atoms with Crippen LogP contribution in [0.25, 0.3) is 22.2 Å². The Balaban J connectivity index is 1.32. The smallest absolute Gasteiger partial charge is 0.274 e. The van der Waals surface area contributed by atoms with Crippen molar-refractivity contribution in [3.05, 3.63) is 95.1 Å². The summed E-state index contributed by atoms with van der Waals surface area (Å²) in [6.07, 6.45) is 4.55. The molecular weight excluding hydrogens is 497 g/mol. The number of nitrogen functional groups attached to an aromatic ring is 1. The monoisotopic (exact) mass is 521 g/mol. The summed E-state index contributed by atoms with van der Waals surface area (Å²) in [5.41, 5.74) is 10.6. The number of carbonyl (C=O) groups is 1. The Kier molecular flexibility index (Phi) is 6.84. The molecule has 0 saturated heterocycles. The van der Waals surface area contributed by atoms with Crippen LogP contribution >= 0.6 is 0 Å².